The summed E-state index contributed by atoms with van der Waals surface area (Å²) in [7, 11) is 3.02. The molecule has 2 N–H and O–H groups in total. The lowest BCUT2D eigenvalue weighted by molar-refractivity contribution is -0.140. The Balaban J connectivity index is 2.40. The Morgan fingerprint density at radius 2 is 2.14 bits per heavy atom. The number of halogens is 1. The predicted octanol–water partition coefficient (Wildman–Crippen LogP) is 2.94. The van der Waals surface area contributed by atoms with Crippen LogP contribution < -0.4 is 15.4 Å². The number of esters is 1. The van der Waals surface area contributed by atoms with Crippen molar-refractivity contribution in [3.8, 4) is 5.75 Å². The Kier molecular flexibility index (Phi) is 8.19. The number of carbonyl (C=O) groups excluding carboxylic acids is 1. The van der Waals surface area contributed by atoms with E-state index in [-0.39, 0.29) is 12.0 Å². The molecule has 0 spiro atoms. The van der Waals surface area contributed by atoms with Crippen LogP contribution in [0.15, 0.2) is 22.7 Å². The number of hydrogen-bond acceptors (Lipinski definition) is 4. The minimum absolute atomic E-state index is 0.0582. The van der Waals surface area contributed by atoms with Crippen molar-refractivity contribution in [2.45, 2.75) is 25.8 Å². The number of benzene rings is 1. The zero-order chi connectivity index (χ0) is 16.5. The third-order valence-corrected chi connectivity index (χ3v) is 3.98. The number of rotatable bonds is 7. The molecule has 0 unspecified atom stereocenters. The molecule has 0 saturated heterocycles. The quantitative estimate of drug-likeness (QED) is 0.425. The minimum Gasteiger partial charge on any atom is -0.496 e. The molecule has 7 heteroatoms. The Hall–Kier alpha value is -1.34. The van der Waals surface area contributed by atoms with Crippen molar-refractivity contribution in [1.82, 2.24) is 10.6 Å². The highest BCUT2D eigenvalue weighted by molar-refractivity contribution is 9.10. The van der Waals surface area contributed by atoms with E-state index in [1.54, 1.807) is 7.11 Å². The van der Waals surface area contributed by atoms with Gasteiger partial charge in [0.25, 0.3) is 0 Å². The highest BCUT2D eigenvalue weighted by Crippen LogP contribution is 2.27. The third-order valence-electron chi connectivity index (χ3n) is 3.09. The van der Waals surface area contributed by atoms with E-state index in [1.807, 2.05) is 25.1 Å². The van der Waals surface area contributed by atoms with Gasteiger partial charge in [-0.2, -0.15) is 0 Å². The van der Waals surface area contributed by atoms with Gasteiger partial charge in [-0.3, -0.25) is 4.79 Å². The lowest BCUT2D eigenvalue weighted by Gasteiger charge is -2.18. The van der Waals surface area contributed by atoms with Gasteiger partial charge in [0, 0.05) is 13.0 Å². The second kappa shape index (κ2) is 9.63. The molecule has 0 aromatic heterocycles. The number of hydrogen-bond donors (Lipinski definition) is 2. The molecule has 0 saturated carbocycles. The van der Waals surface area contributed by atoms with E-state index in [9.17, 15) is 4.79 Å². The molecule has 1 atom stereocenters. The summed E-state index contributed by atoms with van der Waals surface area (Å²) < 4.78 is 10.7. The molecule has 0 fully saturated rings. The largest absolute Gasteiger partial charge is 0.496 e. The van der Waals surface area contributed by atoms with Crippen molar-refractivity contribution in [1.29, 1.82) is 0 Å². The van der Waals surface area contributed by atoms with E-state index in [1.165, 1.54) is 7.11 Å². The van der Waals surface area contributed by atoms with E-state index in [0.717, 1.165) is 15.8 Å². The zero-order valence-corrected chi connectivity index (χ0v) is 15.3. The van der Waals surface area contributed by atoms with Gasteiger partial charge in [0.2, 0.25) is 0 Å². The van der Waals surface area contributed by atoms with E-state index in [0.29, 0.717) is 24.5 Å². The fourth-order valence-electron chi connectivity index (χ4n) is 1.82. The molecule has 0 bridgehead atoms. The summed E-state index contributed by atoms with van der Waals surface area (Å²) in [5.41, 5.74) is 1.09. The fourth-order valence-corrected chi connectivity index (χ4v) is 2.66. The standard InChI is InChI=1S/C15H21BrN2O3S/c1-10(11-6-7-13(20-2)12(16)9-11)18-15(22)17-8-4-5-14(19)21-3/h6-7,9-10H,4-5,8H2,1-3H3,(H2,17,18,22)/t10-/m1/s1. The van der Waals surface area contributed by atoms with Gasteiger partial charge in [0.05, 0.1) is 24.7 Å². The van der Waals surface area contributed by atoms with Crippen molar-refractivity contribution in [2.24, 2.45) is 0 Å². The maximum absolute atomic E-state index is 11.0. The van der Waals surface area contributed by atoms with Crippen LogP contribution in [0.25, 0.3) is 0 Å². The summed E-state index contributed by atoms with van der Waals surface area (Å²) in [5.74, 6) is 0.580. The lowest BCUT2D eigenvalue weighted by atomic mass is 10.1. The normalized spacial score (nSPS) is 11.5. The Bertz CT molecular complexity index is 526. The summed E-state index contributed by atoms with van der Waals surface area (Å²) in [5, 5.41) is 6.84. The van der Waals surface area contributed by atoms with Gasteiger partial charge in [0.1, 0.15) is 5.75 Å². The van der Waals surface area contributed by atoms with Gasteiger partial charge in [0.15, 0.2) is 5.11 Å². The van der Waals surface area contributed by atoms with Gasteiger partial charge >= 0.3 is 5.97 Å². The minimum atomic E-state index is -0.211. The molecule has 22 heavy (non-hydrogen) atoms. The van der Waals surface area contributed by atoms with Crippen molar-refractivity contribution < 1.29 is 14.3 Å². The van der Waals surface area contributed by atoms with Crippen molar-refractivity contribution in [2.75, 3.05) is 20.8 Å². The molecule has 0 aliphatic carbocycles. The Morgan fingerprint density at radius 3 is 2.73 bits per heavy atom. The van der Waals surface area contributed by atoms with Gasteiger partial charge < -0.3 is 20.1 Å². The number of methoxy groups -OCH3 is 2. The Morgan fingerprint density at radius 1 is 1.41 bits per heavy atom. The number of thiocarbonyl (C=S) groups is 1. The van der Waals surface area contributed by atoms with Crippen LogP contribution in [0.2, 0.25) is 0 Å². The first-order valence-corrected chi connectivity index (χ1v) is 8.12. The second-order valence-electron chi connectivity index (χ2n) is 4.70. The molecule has 0 aliphatic heterocycles. The fraction of sp³-hybridized carbons (Fsp3) is 0.467. The van der Waals surface area contributed by atoms with Gasteiger partial charge in [-0.1, -0.05) is 6.07 Å². The monoisotopic (exact) mass is 388 g/mol. The van der Waals surface area contributed by atoms with Crippen molar-refractivity contribution in [3.05, 3.63) is 28.2 Å². The highest BCUT2D eigenvalue weighted by atomic mass is 79.9. The van der Waals surface area contributed by atoms with Crippen LogP contribution in [-0.2, 0) is 9.53 Å². The first-order chi connectivity index (χ1) is 10.5. The first kappa shape index (κ1) is 18.7. The Labute approximate surface area is 144 Å². The summed E-state index contributed by atoms with van der Waals surface area (Å²) in [6.45, 7) is 2.65. The molecule has 0 amide bonds. The van der Waals surface area contributed by atoms with Crippen molar-refractivity contribution in [3.63, 3.8) is 0 Å². The molecule has 0 aliphatic rings. The highest BCUT2D eigenvalue weighted by Gasteiger charge is 2.09. The predicted molar refractivity (Wildman–Crippen MR) is 94.1 cm³/mol. The molecule has 1 rings (SSSR count). The summed E-state index contributed by atoms with van der Waals surface area (Å²) in [6, 6.07) is 5.95. The first-order valence-electron chi connectivity index (χ1n) is 6.92. The zero-order valence-electron chi connectivity index (χ0n) is 12.9. The van der Waals surface area contributed by atoms with Crippen LogP contribution in [0.4, 0.5) is 0 Å². The maximum atomic E-state index is 11.0. The maximum Gasteiger partial charge on any atom is 0.305 e. The molecular weight excluding hydrogens is 368 g/mol. The van der Waals surface area contributed by atoms with Crippen LogP contribution in [0.5, 0.6) is 5.75 Å². The third kappa shape index (κ3) is 6.19. The van der Waals surface area contributed by atoms with E-state index < -0.39 is 0 Å². The summed E-state index contributed by atoms with van der Waals surface area (Å²) >= 11 is 8.71. The summed E-state index contributed by atoms with van der Waals surface area (Å²) in [4.78, 5) is 11.0. The average Bonchev–Trinajstić information content (AvgIpc) is 2.51. The molecule has 5 nitrogen and oxygen atoms in total. The molecule has 122 valence electrons. The molecular formula is C15H21BrN2O3S. The van der Waals surface area contributed by atoms with Gasteiger partial charge in [-0.25, -0.2) is 0 Å². The second-order valence-corrected chi connectivity index (χ2v) is 5.96. The van der Waals surface area contributed by atoms with Crippen LogP contribution in [0.1, 0.15) is 31.4 Å². The van der Waals surface area contributed by atoms with Crippen LogP contribution in [0, 0.1) is 0 Å². The number of carbonyl (C=O) groups is 1. The number of ether oxygens (including phenoxy) is 2. The molecule has 1 aromatic rings. The average molecular weight is 389 g/mol. The van der Waals surface area contributed by atoms with Crippen molar-refractivity contribution >= 4 is 39.2 Å². The van der Waals surface area contributed by atoms with E-state index in [4.69, 9.17) is 17.0 Å². The molecule has 1 aromatic carbocycles. The molecule has 0 radical (unpaired) electrons. The lowest BCUT2D eigenvalue weighted by Crippen LogP contribution is -2.37. The smallest absolute Gasteiger partial charge is 0.305 e. The van der Waals surface area contributed by atoms with Gasteiger partial charge in [-0.15, -0.1) is 0 Å². The van der Waals surface area contributed by atoms with E-state index in [2.05, 4.69) is 31.3 Å². The topological polar surface area (TPSA) is 59.6 Å². The number of nitrogens with one attached hydrogen (secondary N) is 2. The van der Waals surface area contributed by atoms with Crippen LogP contribution in [-0.4, -0.2) is 31.8 Å². The van der Waals surface area contributed by atoms with E-state index >= 15 is 0 Å². The summed E-state index contributed by atoms with van der Waals surface area (Å²) in [6.07, 6.45) is 1.06. The van der Waals surface area contributed by atoms with Crippen LogP contribution in [0.3, 0.4) is 0 Å². The van der Waals surface area contributed by atoms with Gasteiger partial charge in [-0.05, 0) is 59.2 Å². The SMILES string of the molecule is COC(=O)CCCNC(=S)N[C@H](C)c1ccc(OC)c(Br)c1. The molecule has 0 heterocycles. The van der Waals surface area contributed by atoms with Crippen LogP contribution >= 0.6 is 28.1 Å².